The third kappa shape index (κ3) is 2.36. The molecule has 1 atom stereocenters. The third-order valence-corrected chi connectivity index (χ3v) is 3.83. The molecule has 0 bridgehead atoms. The number of allylic oxidation sites excluding steroid dienone is 2. The van der Waals surface area contributed by atoms with Gasteiger partial charge < -0.3 is 0 Å². The quantitative estimate of drug-likeness (QED) is 0.550. The molecule has 1 rings (SSSR count). The van der Waals surface area contributed by atoms with Crippen molar-refractivity contribution in [2.75, 3.05) is 0 Å². The highest BCUT2D eigenvalue weighted by molar-refractivity contribution is 5.14. The van der Waals surface area contributed by atoms with Crippen LogP contribution in [0.1, 0.15) is 65.7 Å². The normalized spacial score (nSPS) is 28.7. The van der Waals surface area contributed by atoms with Crippen molar-refractivity contribution in [1.82, 2.24) is 0 Å². The molecule has 1 unspecified atom stereocenters. The van der Waals surface area contributed by atoms with E-state index in [0.29, 0.717) is 5.41 Å². The summed E-state index contributed by atoms with van der Waals surface area (Å²) in [5, 5.41) is 0. The van der Waals surface area contributed by atoms with Crippen molar-refractivity contribution in [2.24, 2.45) is 5.41 Å². The molecule has 0 heteroatoms. The van der Waals surface area contributed by atoms with Crippen molar-refractivity contribution in [3.05, 3.63) is 11.6 Å². The second-order valence-corrected chi connectivity index (χ2v) is 4.52. The Kier molecular flexibility index (Phi) is 4.02. The fourth-order valence-electron chi connectivity index (χ4n) is 2.64. The molecule has 0 nitrogen and oxygen atoms in total. The standard InChI is InChI=1S/C13H24/c1-4-6-10-13(5-2)11-8-7-9-12(13)3/h9H,4-8,10-11H2,1-3H3. The second kappa shape index (κ2) is 4.83. The molecule has 0 saturated heterocycles. The predicted octanol–water partition coefficient (Wildman–Crippen LogP) is 4.70. The molecule has 76 valence electrons. The molecular weight excluding hydrogens is 156 g/mol. The van der Waals surface area contributed by atoms with Crippen molar-refractivity contribution in [2.45, 2.75) is 65.7 Å². The zero-order valence-electron chi connectivity index (χ0n) is 9.53. The van der Waals surface area contributed by atoms with Gasteiger partial charge in [0, 0.05) is 0 Å². The van der Waals surface area contributed by atoms with Gasteiger partial charge in [0.05, 0.1) is 0 Å². The number of hydrogen-bond donors (Lipinski definition) is 0. The van der Waals surface area contributed by atoms with Crippen LogP contribution in [0.5, 0.6) is 0 Å². The van der Waals surface area contributed by atoms with Crippen molar-refractivity contribution in [3.8, 4) is 0 Å². The minimum absolute atomic E-state index is 0.592. The zero-order valence-corrected chi connectivity index (χ0v) is 9.53. The molecule has 0 N–H and O–H groups in total. The van der Waals surface area contributed by atoms with Crippen LogP contribution in [0.15, 0.2) is 11.6 Å². The maximum atomic E-state index is 2.47. The first-order valence-electron chi connectivity index (χ1n) is 5.92. The first kappa shape index (κ1) is 10.8. The molecule has 0 aromatic heterocycles. The maximum Gasteiger partial charge on any atom is -0.00934 e. The van der Waals surface area contributed by atoms with Crippen LogP contribution in [0.4, 0.5) is 0 Å². The van der Waals surface area contributed by atoms with E-state index < -0.39 is 0 Å². The Morgan fingerprint density at radius 3 is 2.69 bits per heavy atom. The van der Waals surface area contributed by atoms with Gasteiger partial charge in [-0.25, -0.2) is 0 Å². The van der Waals surface area contributed by atoms with E-state index in [1.165, 1.54) is 44.9 Å². The zero-order chi connectivity index (χ0) is 9.73. The summed E-state index contributed by atoms with van der Waals surface area (Å²) in [5.41, 5.74) is 2.27. The van der Waals surface area contributed by atoms with Gasteiger partial charge >= 0.3 is 0 Å². The third-order valence-electron chi connectivity index (χ3n) is 3.83. The molecule has 1 aliphatic carbocycles. The molecule has 0 spiro atoms. The first-order chi connectivity index (χ1) is 6.25. The molecule has 0 amide bonds. The Balaban J connectivity index is 2.66. The van der Waals surface area contributed by atoms with Crippen LogP contribution >= 0.6 is 0 Å². The van der Waals surface area contributed by atoms with Gasteiger partial charge in [0.15, 0.2) is 0 Å². The number of hydrogen-bond acceptors (Lipinski definition) is 0. The summed E-state index contributed by atoms with van der Waals surface area (Å²) in [5.74, 6) is 0. The van der Waals surface area contributed by atoms with Crippen molar-refractivity contribution >= 4 is 0 Å². The first-order valence-corrected chi connectivity index (χ1v) is 5.92. The molecule has 0 saturated carbocycles. The van der Waals surface area contributed by atoms with Gasteiger partial charge in [0.25, 0.3) is 0 Å². The lowest BCUT2D eigenvalue weighted by Gasteiger charge is -2.37. The minimum atomic E-state index is 0.592. The van der Waals surface area contributed by atoms with E-state index in [1.54, 1.807) is 5.57 Å². The molecule has 0 aromatic rings. The minimum Gasteiger partial charge on any atom is -0.0850 e. The summed E-state index contributed by atoms with van der Waals surface area (Å²) < 4.78 is 0. The summed E-state index contributed by atoms with van der Waals surface area (Å²) in [4.78, 5) is 0. The molecule has 13 heavy (non-hydrogen) atoms. The summed E-state index contributed by atoms with van der Waals surface area (Å²) in [7, 11) is 0. The second-order valence-electron chi connectivity index (χ2n) is 4.52. The van der Waals surface area contributed by atoms with Gasteiger partial charge in [0.1, 0.15) is 0 Å². The highest BCUT2D eigenvalue weighted by Gasteiger charge is 2.30. The lowest BCUT2D eigenvalue weighted by Crippen LogP contribution is -2.23. The molecular formula is C13H24. The maximum absolute atomic E-state index is 2.47. The highest BCUT2D eigenvalue weighted by atomic mass is 14.3. The lowest BCUT2D eigenvalue weighted by atomic mass is 9.68. The summed E-state index contributed by atoms with van der Waals surface area (Å²) in [6.45, 7) is 7.00. The van der Waals surface area contributed by atoms with Gasteiger partial charge in [-0.3, -0.25) is 0 Å². The Bertz CT molecular complexity index is 178. The largest absolute Gasteiger partial charge is 0.0850 e. The Hall–Kier alpha value is -0.260. The molecule has 0 radical (unpaired) electrons. The van der Waals surface area contributed by atoms with E-state index in [4.69, 9.17) is 0 Å². The fourth-order valence-corrected chi connectivity index (χ4v) is 2.64. The Morgan fingerprint density at radius 2 is 2.15 bits per heavy atom. The fraction of sp³-hybridized carbons (Fsp3) is 0.846. The average Bonchev–Trinajstić information content (AvgIpc) is 2.17. The molecule has 0 fully saturated rings. The van der Waals surface area contributed by atoms with Crippen LogP contribution in [0, 0.1) is 5.41 Å². The van der Waals surface area contributed by atoms with E-state index in [2.05, 4.69) is 26.8 Å². The van der Waals surface area contributed by atoms with Crippen LogP contribution in [0.2, 0.25) is 0 Å². The van der Waals surface area contributed by atoms with Gasteiger partial charge in [-0.2, -0.15) is 0 Å². The summed E-state index contributed by atoms with van der Waals surface area (Å²) in [6, 6.07) is 0. The molecule has 0 aliphatic heterocycles. The highest BCUT2D eigenvalue weighted by Crippen LogP contribution is 2.44. The smallest absolute Gasteiger partial charge is 0.00934 e. The van der Waals surface area contributed by atoms with Crippen LogP contribution in [0.25, 0.3) is 0 Å². The Labute approximate surface area is 83.4 Å². The lowest BCUT2D eigenvalue weighted by molar-refractivity contribution is 0.260. The summed E-state index contributed by atoms with van der Waals surface area (Å²) >= 11 is 0. The van der Waals surface area contributed by atoms with E-state index >= 15 is 0 Å². The van der Waals surface area contributed by atoms with Crippen LogP contribution < -0.4 is 0 Å². The van der Waals surface area contributed by atoms with Gasteiger partial charge in [-0.15, -0.1) is 0 Å². The predicted molar refractivity (Wildman–Crippen MR) is 59.9 cm³/mol. The molecule has 1 aliphatic rings. The van der Waals surface area contributed by atoms with Crippen LogP contribution in [-0.4, -0.2) is 0 Å². The monoisotopic (exact) mass is 180 g/mol. The Morgan fingerprint density at radius 1 is 1.38 bits per heavy atom. The van der Waals surface area contributed by atoms with Gasteiger partial charge in [-0.1, -0.05) is 38.3 Å². The van der Waals surface area contributed by atoms with Crippen molar-refractivity contribution < 1.29 is 0 Å². The SMILES string of the molecule is CCCCC1(CC)CCCC=C1C. The molecule has 0 heterocycles. The van der Waals surface area contributed by atoms with E-state index in [1.807, 2.05) is 0 Å². The van der Waals surface area contributed by atoms with Crippen LogP contribution in [0.3, 0.4) is 0 Å². The number of rotatable bonds is 4. The topological polar surface area (TPSA) is 0 Å². The van der Waals surface area contributed by atoms with Crippen LogP contribution in [-0.2, 0) is 0 Å². The van der Waals surface area contributed by atoms with Crippen molar-refractivity contribution in [1.29, 1.82) is 0 Å². The van der Waals surface area contributed by atoms with Crippen molar-refractivity contribution in [3.63, 3.8) is 0 Å². The van der Waals surface area contributed by atoms with Gasteiger partial charge in [-0.05, 0) is 44.4 Å². The van der Waals surface area contributed by atoms with E-state index in [9.17, 15) is 0 Å². The average molecular weight is 180 g/mol. The van der Waals surface area contributed by atoms with Gasteiger partial charge in [0.2, 0.25) is 0 Å². The van der Waals surface area contributed by atoms with E-state index in [0.717, 1.165) is 0 Å². The summed E-state index contributed by atoms with van der Waals surface area (Å²) in [6.07, 6.45) is 12.1. The molecule has 0 aromatic carbocycles. The number of unbranched alkanes of at least 4 members (excludes halogenated alkanes) is 1. The van der Waals surface area contributed by atoms with E-state index in [-0.39, 0.29) is 0 Å².